The number of nitrogens with one attached hydrogen (secondary N) is 2. The highest BCUT2D eigenvalue weighted by molar-refractivity contribution is 14.0. The number of guanidine groups is 1. The summed E-state index contributed by atoms with van der Waals surface area (Å²) in [7, 11) is 3.57. The van der Waals surface area contributed by atoms with Crippen LogP contribution in [-0.4, -0.2) is 39.3 Å². The van der Waals surface area contributed by atoms with E-state index < -0.39 is 0 Å². The van der Waals surface area contributed by atoms with Crippen LogP contribution in [0.1, 0.15) is 38.2 Å². The van der Waals surface area contributed by atoms with Crippen molar-refractivity contribution in [3.05, 3.63) is 35.9 Å². The van der Waals surface area contributed by atoms with E-state index in [1.54, 1.807) is 7.11 Å². The van der Waals surface area contributed by atoms with Crippen LogP contribution in [0.4, 0.5) is 0 Å². The van der Waals surface area contributed by atoms with Gasteiger partial charge < -0.3 is 15.4 Å². The molecule has 1 aromatic rings. The molecule has 0 amide bonds. The molecule has 0 saturated heterocycles. The van der Waals surface area contributed by atoms with Crippen LogP contribution in [0.2, 0.25) is 0 Å². The smallest absolute Gasteiger partial charge is 0.191 e. The van der Waals surface area contributed by atoms with Gasteiger partial charge in [-0.3, -0.25) is 4.99 Å². The van der Waals surface area contributed by atoms with Gasteiger partial charge in [0.05, 0.1) is 0 Å². The Morgan fingerprint density at radius 1 is 1.17 bits per heavy atom. The fraction of sp³-hybridized carbons (Fsp3) is 0.611. The normalized spacial score (nSPS) is 12.4. The number of hydrogen-bond donors (Lipinski definition) is 2. The summed E-state index contributed by atoms with van der Waals surface area (Å²) in [6.45, 7) is 4.01. The quantitative estimate of drug-likeness (QED) is 0.257. The summed E-state index contributed by atoms with van der Waals surface area (Å²) in [5.74, 6) is 0.896. The molecule has 1 atom stereocenters. The third-order valence-electron chi connectivity index (χ3n) is 3.63. The molecular weight excluding hydrogens is 401 g/mol. The molecule has 5 heteroatoms. The van der Waals surface area contributed by atoms with Crippen molar-refractivity contribution in [3.63, 3.8) is 0 Å². The number of aliphatic imine (C=N–C) groups is 1. The number of methoxy groups -OCH3 is 1. The van der Waals surface area contributed by atoms with E-state index in [9.17, 15) is 0 Å². The van der Waals surface area contributed by atoms with Crippen LogP contribution < -0.4 is 10.6 Å². The topological polar surface area (TPSA) is 45.7 Å². The van der Waals surface area contributed by atoms with Crippen molar-refractivity contribution < 1.29 is 4.74 Å². The summed E-state index contributed by atoms with van der Waals surface area (Å²) < 4.78 is 5.05. The second-order valence-electron chi connectivity index (χ2n) is 5.62. The molecule has 0 heterocycles. The zero-order valence-electron chi connectivity index (χ0n) is 14.7. The van der Waals surface area contributed by atoms with Crippen molar-refractivity contribution >= 4 is 29.9 Å². The van der Waals surface area contributed by atoms with Gasteiger partial charge in [0.1, 0.15) is 0 Å². The van der Waals surface area contributed by atoms with E-state index in [4.69, 9.17) is 4.74 Å². The number of rotatable bonds is 10. The second kappa shape index (κ2) is 14.8. The average Bonchev–Trinajstić information content (AvgIpc) is 2.56. The van der Waals surface area contributed by atoms with Crippen LogP contribution in [0.15, 0.2) is 35.3 Å². The fourth-order valence-corrected chi connectivity index (χ4v) is 2.28. The van der Waals surface area contributed by atoms with E-state index in [1.807, 2.05) is 7.05 Å². The third kappa shape index (κ3) is 11.4. The van der Waals surface area contributed by atoms with Gasteiger partial charge in [0.2, 0.25) is 0 Å². The van der Waals surface area contributed by atoms with E-state index in [0.717, 1.165) is 44.8 Å². The van der Waals surface area contributed by atoms with Crippen molar-refractivity contribution in [2.24, 2.45) is 4.99 Å². The zero-order valence-corrected chi connectivity index (χ0v) is 17.0. The summed E-state index contributed by atoms with van der Waals surface area (Å²) in [5.41, 5.74) is 1.39. The molecular formula is C18H32IN3O. The molecule has 1 rings (SSSR count). The highest BCUT2D eigenvalue weighted by Crippen LogP contribution is 2.04. The van der Waals surface area contributed by atoms with Gasteiger partial charge in [0.15, 0.2) is 5.96 Å². The van der Waals surface area contributed by atoms with Crippen LogP contribution in [0, 0.1) is 0 Å². The van der Waals surface area contributed by atoms with Gasteiger partial charge in [-0.15, -0.1) is 24.0 Å². The number of nitrogens with zero attached hydrogens (tertiary/aromatic N) is 1. The minimum atomic E-state index is 0. The van der Waals surface area contributed by atoms with E-state index in [1.165, 1.54) is 12.0 Å². The molecule has 0 radical (unpaired) electrons. The molecule has 0 aromatic heterocycles. The number of halogens is 1. The lowest BCUT2D eigenvalue weighted by Gasteiger charge is -2.18. The first-order valence-corrected chi connectivity index (χ1v) is 8.26. The summed E-state index contributed by atoms with van der Waals surface area (Å²) in [4.78, 5) is 4.29. The summed E-state index contributed by atoms with van der Waals surface area (Å²) in [5, 5.41) is 6.83. The number of benzene rings is 1. The Hall–Kier alpha value is -0.820. The van der Waals surface area contributed by atoms with E-state index in [0.29, 0.717) is 6.04 Å². The van der Waals surface area contributed by atoms with E-state index >= 15 is 0 Å². The zero-order chi connectivity index (χ0) is 16.0. The average molecular weight is 433 g/mol. The number of aryl methyl sites for hydroxylation is 1. The van der Waals surface area contributed by atoms with Crippen LogP contribution >= 0.6 is 24.0 Å². The van der Waals surface area contributed by atoms with Gasteiger partial charge in [0.25, 0.3) is 0 Å². The maximum Gasteiger partial charge on any atom is 0.191 e. The Bertz CT molecular complexity index is 412. The molecule has 0 saturated carbocycles. The van der Waals surface area contributed by atoms with E-state index in [2.05, 4.69) is 52.9 Å². The van der Waals surface area contributed by atoms with E-state index in [-0.39, 0.29) is 24.0 Å². The molecule has 2 N–H and O–H groups in total. The summed E-state index contributed by atoms with van der Waals surface area (Å²) in [6, 6.07) is 11.0. The first kappa shape index (κ1) is 22.2. The Labute approximate surface area is 158 Å². The first-order chi connectivity index (χ1) is 10.8. The Morgan fingerprint density at radius 3 is 2.57 bits per heavy atom. The highest BCUT2D eigenvalue weighted by Gasteiger charge is 2.05. The molecule has 0 aliphatic heterocycles. The molecule has 0 aliphatic carbocycles. The van der Waals surface area contributed by atoms with Gasteiger partial charge in [-0.2, -0.15) is 0 Å². The van der Waals surface area contributed by atoms with Crippen LogP contribution in [0.25, 0.3) is 0 Å². The highest BCUT2D eigenvalue weighted by atomic mass is 127. The van der Waals surface area contributed by atoms with Crippen molar-refractivity contribution in [1.82, 2.24) is 10.6 Å². The van der Waals surface area contributed by atoms with Gasteiger partial charge in [-0.1, -0.05) is 30.3 Å². The Kier molecular flexibility index (Phi) is 14.2. The van der Waals surface area contributed by atoms with Crippen LogP contribution in [0.3, 0.4) is 0 Å². The standard InChI is InChI=1S/C18H31N3O.HI/c1-16(12-13-17-10-6-4-7-11-17)21-18(19-2)20-14-8-5-9-15-22-3;/h4,6-7,10-11,16H,5,8-9,12-15H2,1-3H3,(H2,19,20,21);1H. The summed E-state index contributed by atoms with van der Waals surface area (Å²) >= 11 is 0. The molecule has 0 fully saturated rings. The lowest BCUT2D eigenvalue weighted by Crippen LogP contribution is -2.42. The van der Waals surface area contributed by atoms with Gasteiger partial charge in [-0.25, -0.2) is 0 Å². The number of unbranched alkanes of at least 4 members (excludes halogenated alkanes) is 2. The van der Waals surface area contributed by atoms with Gasteiger partial charge in [0, 0.05) is 33.4 Å². The molecule has 4 nitrogen and oxygen atoms in total. The molecule has 1 unspecified atom stereocenters. The number of ether oxygens (including phenoxy) is 1. The van der Waals surface area contributed by atoms with Crippen LogP contribution in [0.5, 0.6) is 0 Å². The molecule has 23 heavy (non-hydrogen) atoms. The fourth-order valence-electron chi connectivity index (χ4n) is 2.28. The predicted octanol–water partition coefficient (Wildman–Crippen LogP) is 3.61. The van der Waals surface area contributed by atoms with Crippen molar-refractivity contribution in [3.8, 4) is 0 Å². The maximum atomic E-state index is 5.05. The molecule has 132 valence electrons. The van der Waals surface area contributed by atoms with Crippen LogP contribution in [-0.2, 0) is 11.2 Å². The minimum Gasteiger partial charge on any atom is -0.385 e. The molecule has 1 aromatic carbocycles. The molecule has 0 spiro atoms. The SMILES string of the molecule is CN=C(NCCCCCOC)NC(C)CCc1ccccc1.I. The monoisotopic (exact) mass is 433 g/mol. The molecule has 0 bridgehead atoms. The Balaban J connectivity index is 0.00000484. The second-order valence-corrected chi connectivity index (χ2v) is 5.62. The van der Waals surface area contributed by atoms with Gasteiger partial charge in [-0.05, 0) is 44.6 Å². The Morgan fingerprint density at radius 2 is 1.91 bits per heavy atom. The lowest BCUT2D eigenvalue weighted by atomic mass is 10.1. The lowest BCUT2D eigenvalue weighted by molar-refractivity contribution is 0.192. The predicted molar refractivity (Wildman–Crippen MR) is 110 cm³/mol. The third-order valence-corrected chi connectivity index (χ3v) is 3.63. The summed E-state index contributed by atoms with van der Waals surface area (Å²) in [6.07, 6.45) is 5.63. The van der Waals surface area contributed by atoms with Crippen molar-refractivity contribution in [2.45, 2.75) is 45.1 Å². The number of hydrogen-bond acceptors (Lipinski definition) is 2. The largest absolute Gasteiger partial charge is 0.385 e. The van der Waals surface area contributed by atoms with Crippen molar-refractivity contribution in [1.29, 1.82) is 0 Å². The molecule has 0 aliphatic rings. The van der Waals surface area contributed by atoms with Crippen molar-refractivity contribution in [2.75, 3.05) is 27.3 Å². The first-order valence-electron chi connectivity index (χ1n) is 8.26. The van der Waals surface area contributed by atoms with Gasteiger partial charge >= 0.3 is 0 Å². The maximum absolute atomic E-state index is 5.05. The minimum absolute atomic E-state index is 0.